The van der Waals surface area contributed by atoms with Crippen molar-refractivity contribution in [3.8, 4) is 0 Å². The summed E-state index contributed by atoms with van der Waals surface area (Å²) in [6, 6.07) is 0. The molecule has 16 heavy (non-hydrogen) atoms. The normalized spacial score (nSPS) is 11.9. The van der Waals surface area contributed by atoms with Crippen LogP contribution in [0.15, 0.2) is 0 Å². The highest BCUT2D eigenvalue weighted by Gasteiger charge is 2.34. The van der Waals surface area contributed by atoms with Gasteiger partial charge in [-0.15, -0.1) is 0 Å². The Labute approximate surface area is 98.5 Å². The molecule has 0 aliphatic carbocycles. The van der Waals surface area contributed by atoms with E-state index >= 15 is 0 Å². The molecule has 0 saturated carbocycles. The molecule has 0 aliphatic heterocycles. The van der Waals surface area contributed by atoms with Crippen LogP contribution in [0.4, 0.5) is 0 Å². The predicted octanol–water partition coefficient (Wildman–Crippen LogP) is 1.72. The van der Waals surface area contributed by atoms with E-state index in [1.165, 1.54) is 0 Å². The highest BCUT2D eigenvalue weighted by molar-refractivity contribution is 5.77. The summed E-state index contributed by atoms with van der Waals surface area (Å²) in [5.74, 6) is -0.202. The predicted molar refractivity (Wildman–Crippen MR) is 64.1 cm³/mol. The van der Waals surface area contributed by atoms with Crippen LogP contribution in [0.2, 0.25) is 0 Å². The van der Waals surface area contributed by atoms with Crippen molar-refractivity contribution in [1.82, 2.24) is 0 Å². The fourth-order valence-corrected chi connectivity index (χ4v) is 1.48. The molecular formula is C12H25NO3. The van der Waals surface area contributed by atoms with Gasteiger partial charge in [-0.2, -0.15) is 0 Å². The lowest BCUT2D eigenvalue weighted by Crippen LogP contribution is -2.39. The van der Waals surface area contributed by atoms with E-state index in [4.69, 9.17) is 15.2 Å². The SMILES string of the molecule is CCC(CC)(CN)C(=O)OCCOC(C)C. The van der Waals surface area contributed by atoms with Gasteiger partial charge >= 0.3 is 5.97 Å². The van der Waals surface area contributed by atoms with Crippen LogP contribution in [0.3, 0.4) is 0 Å². The van der Waals surface area contributed by atoms with Crippen LogP contribution in [0, 0.1) is 5.41 Å². The Hall–Kier alpha value is -0.610. The van der Waals surface area contributed by atoms with Gasteiger partial charge in [0.1, 0.15) is 6.61 Å². The van der Waals surface area contributed by atoms with E-state index in [0.29, 0.717) is 32.6 Å². The number of ether oxygens (including phenoxy) is 2. The van der Waals surface area contributed by atoms with Crippen LogP contribution >= 0.6 is 0 Å². The van der Waals surface area contributed by atoms with Crippen molar-refractivity contribution in [2.24, 2.45) is 11.1 Å². The highest BCUT2D eigenvalue weighted by Crippen LogP contribution is 2.26. The maximum Gasteiger partial charge on any atom is 0.313 e. The third-order valence-electron chi connectivity index (χ3n) is 2.94. The van der Waals surface area contributed by atoms with E-state index < -0.39 is 5.41 Å². The Kier molecular flexibility index (Phi) is 7.34. The van der Waals surface area contributed by atoms with Gasteiger partial charge in [0.2, 0.25) is 0 Å². The quantitative estimate of drug-likeness (QED) is 0.510. The van der Waals surface area contributed by atoms with Crippen LogP contribution in [0.25, 0.3) is 0 Å². The van der Waals surface area contributed by atoms with Gasteiger partial charge in [-0.1, -0.05) is 13.8 Å². The zero-order valence-electron chi connectivity index (χ0n) is 10.9. The summed E-state index contributed by atoms with van der Waals surface area (Å²) in [6.45, 7) is 8.90. The minimum atomic E-state index is -0.516. The van der Waals surface area contributed by atoms with Gasteiger partial charge in [0.25, 0.3) is 0 Å². The molecule has 0 unspecified atom stereocenters. The molecular weight excluding hydrogens is 206 g/mol. The number of hydrogen-bond donors (Lipinski definition) is 1. The summed E-state index contributed by atoms with van der Waals surface area (Å²) in [6.07, 6.45) is 1.59. The molecule has 0 atom stereocenters. The van der Waals surface area contributed by atoms with E-state index in [0.717, 1.165) is 0 Å². The lowest BCUT2D eigenvalue weighted by atomic mass is 9.82. The van der Waals surface area contributed by atoms with Gasteiger partial charge < -0.3 is 15.2 Å². The number of carbonyl (C=O) groups excluding carboxylic acids is 1. The van der Waals surface area contributed by atoms with Gasteiger partial charge in [0.05, 0.1) is 18.1 Å². The van der Waals surface area contributed by atoms with E-state index in [1.807, 2.05) is 27.7 Å². The largest absolute Gasteiger partial charge is 0.463 e. The number of rotatable bonds is 8. The smallest absolute Gasteiger partial charge is 0.313 e. The molecule has 0 fully saturated rings. The van der Waals surface area contributed by atoms with Crippen molar-refractivity contribution in [2.45, 2.75) is 46.6 Å². The first-order valence-corrected chi connectivity index (χ1v) is 6.01. The van der Waals surface area contributed by atoms with Crippen LogP contribution < -0.4 is 5.73 Å². The van der Waals surface area contributed by atoms with Gasteiger partial charge in [-0.05, 0) is 26.7 Å². The highest BCUT2D eigenvalue weighted by atomic mass is 16.6. The number of hydrogen-bond acceptors (Lipinski definition) is 4. The molecule has 0 saturated heterocycles. The van der Waals surface area contributed by atoms with Crippen molar-refractivity contribution >= 4 is 5.97 Å². The first-order valence-electron chi connectivity index (χ1n) is 6.01. The summed E-state index contributed by atoms with van der Waals surface area (Å²) < 4.78 is 10.5. The van der Waals surface area contributed by atoms with Crippen LogP contribution in [-0.4, -0.2) is 31.8 Å². The Morgan fingerprint density at radius 2 is 1.81 bits per heavy atom. The van der Waals surface area contributed by atoms with Crippen LogP contribution in [-0.2, 0) is 14.3 Å². The Morgan fingerprint density at radius 1 is 1.25 bits per heavy atom. The van der Waals surface area contributed by atoms with Gasteiger partial charge in [0.15, 0.2) is 0 Å². The lowest BCUT2D eigenvalue weighted by molar-refractivity contribution is -0.157. The van der Waals surface area contributed by atoms with Crippen molar-refractivity contribution in [3.63, 3.8) is 0 Å². The van der Waals surface area contributed by atoms with Crippen molar-refractivity contribution in [2.75, 3.05) is 19.8 Å². The molecule has 0 spiro atoms. The maximum atomic E-state index is 11.8. The van der Waals surface area contributed by atoms with Crippen molar-refractivity contribution in [1.29, 1.82) is 0 Å². The first kappa shape index (κ1) is 15.4. The second-order valence-electron chi connectivity index (χ2n) is 4.25. The summed E-state index contributed by atoms with van der Waals surface area (Å²) >= 11 is 0. The Bertz CT molecular complexity index is 192. The van der Waals surface area contributed by atoms with Gasteiger partial charge in [-0.25, -0.2) is 0 Å². The minimum Gasteiger partial charge on any atom is -0.463 e. The maximum absolute atomic E-state index is 11.8. The Morgan fingerprint density at radius 3 is 2.19 bits per heavy atom. The zero-order valence-corrected chi connectivity index (χ0v) is 10.9. The van der Waals surface area contributed by atoms with E-state index in [-0.39, 0.29) is 12.1 Å². The standard InChI is InChI=1S/C12H25NO3/c1-5-12(6-2,9-13)11(14)16-8-7-15-10(3)4/h10H,5-9,13H2,1-4H3. The summed E-state index contributed by atoms with van der Waals surface area (Å²) in [7, 11) is 0. The van der Waals surface area contributed by atoms with Gasteiger partial charge in [0, 0.05) is 6.54 Å². The van der Waals surface area contributed by atoms with Gasteiger partial charge in [-0.3, -0.25) is 4.79 Å². The van der Waals surface area contributed by atoms with Crippen molar-refractivity contribution < 1.29 is 14.3 Å². The second-order valence-corrected chi connectivity index (χ2v) is 4.25. The van der Waals surface area contributed by atoms with E-state index in [1.54, 1.807) is 0 Å². The molecule has 0 heterocycles. The Balaban J connectivity index is 4.02. The second kappa shape index (κ2) is 7.63. The topological polar surface area (TPSA) is 61.6 Å². The molecule has 0 aromatic carbocycles. The number of nitrogens with two attached hydrogens (primary N) is 1. The lowest BCUT2D eigenvalue weighted by Gasteiger charge is -2.27. The summed E-state index contributed by atoms with van der Waals surface area (Å²) in [5, 5.41) is 0. The van der Waals surface area contributed by atoms with Crippen LogP contribution in [0.1, 0.15) is 40.5 Å². The zero-order chi connectivity index (χ0) is 12.6. The third kappa shape index (κ3) is 4.49. The van der Waals surface area contributed by atoms with Crippen LogP contribution in [0.5, 0.6) is 0 Å². The molecule has 0 amide bonds. The fraction of sp³-hybridized carbons (Fsp3) is 0.917. The molecule has 0 aromatic rings. The molecule has 0 bridgehead atoms. The molecule has 2 N–H and O–H groups in total. The molecule has 0 aromatic heterocycles. The third-order valence-corrected chi connectivity index (χ3v) is 2.94. The average Bonchev–Trinajstić information content (AvgIpc) is 2.27. The molecule has 0 aliphatic rings. The summed E-state index contributed by atoms with van der Waals surface area (Å²) in [4.78, 5) is 11.8. The minimum absolute atomic E-state index is 0.162. The molecule has 4 nitrogen and oxygen atoms in total. The number of esters is 1. The summed E-state index contributed by atoms with van der Waals surface area (Å²) in [5.41, 5.74) is 5.13. The van der Waals surface area contributed by atoms with E-state index in [2.05, 4.69) is 0 Å². The average molecular weight is 231 g/mol. The fourth-order valence-electron chi connectivity index (χ4n) is 1.48. The number of carbonyl (C=O) groups is 1. The molecule has 0 rings (SSSR count). The monoisotopic (exact) mass is 231 g/mol. The molecule has 96 valence electrons. The van der Waals surface area contributed by atoms with E-state index in [9.17, 15) is 4.79 Å². The molecule has 4 heteroatoms. The molecule has 0 radical (unpaired) electrons. The first-order chi connectivity index (χ1) is 7.52. The van der Waals surface area contributed by atoms with Crippen molar-refractivity contribution in [3.05, 3.63) is 0 Å².